The lowest BCUT2D eigenvalue weighted by atomic mass is 10.0. The predicted molar refractivity (Wildman–Crippen MR) is 106 cm³/mol. The Balaban J connectivity index is 1.79. The van der Waals surface area contributed by atoms with Crippen molar-refractivity contribution in [2.75, 3.05) is 7.11 Å². The molecule has 0 saturated heterocycles. The summed E-state index contributed by atoms with van der Waals surface area (Å²) < 4.78 is 11.6. The van der Waals surface area contributed by atoms with Crippen molar-refractivity contribution in [2.45, 2.75) is 13.2 Å². The average molecular weight is 391 g/mol. The number of nitro groups is 1. The predicted octanol–water partition coefficient (Wildman–Crippen LogP) is 4.00. The molecule has 3 aromatic carbocycles. The van der Waals surface area contributed by atoms with Crippen LogP contribution in [0.1, 0.15) is 24.3 Å². The number of amides is 1. The Kier molecular flexibility index (Phi) is 4.59. The Morgan fingerprint density at radius 2 is 1.86 bits per heavy atom. The van der Waals surface area contributed by atoms with Crippen LogP contribution < -0.4 is 4.74 Å². The van der Waals surface area contributed by atoms with Crippen LogP contribution in [-0.2, 0) is 9.53 Å². The molecule has 0 N–H and O–H groups in total. The molecule has 0 spiro atoms. The fourth-order valence-corrected chi connectivity index (χ4v) is 3.29. The highest BCUT2D eigenvalue weighted by Crippen LogP contribution is 2.36. The summed E-state index contributed by atoms with van der Waals surface area (Å²) in [6, 6.07) is 17.3. The van der Waals surface area contributed by atoms with Gasteiger partial charge in [-0.2, -0.15) is 5.01 Å². The molecule has 0 aromatic heterocycles. The first-order valence-electron chi connectivity index (χ1n) is 8.85. The maximum absolute atomic E-state index is 12.2. The molecule has 8 heteroatoms. The monoisotopic (exact) mass is 391 g/mol. The maximum atomic E-state index is 12.2. The van der Waals surface area contributed by atoms with Gasteiger partial charge in [-0.25, -0.2) is 0 Å². The zero-order chi connectivity index (χ0) is 20.5. The summed E-state index contributed by atoms with van der Waals surface area (Å²) in [5, 5.41) is 18.4. The van der Waals surface area contributed by atoms with Gasteiger partial charge in [0.05, 0.1) is 17.6 Å². The summed E-state index contributed by atoms with van der Waals surface area (Å²) in [4.78, 5) is 22.6. The summed E-state index contributed by atoms with van der Waals surface area (Å²) in [5.41, 5.74) is 1.17. The van der Waals surface area contributed by atoms with Crippen LogP contribution in [0, 0.1) is 10.1 Å². The average Bonchev–Trinajstić information content (AvgIpc) is 3.18. The van der Waals surface area contributed by atoms with Crippen molar-refractivity contribution in [2.24, 2.45) is 5.10 Å². The Morgan fingerprint density at radius 3 is 2.52 bits per heavy atom. The number of carbonyl (C=O) groups is 1. The lowest BCUT2D eigenvalue weighted by molar-refractivity contribution is -0.384. The van der Waals surface area contributed by atoms with E-state index in [-0.39, 0.29) is 17.5 Å². The van der Waals surface area contributed by atoms with Crippen LogP contribution >= 0.6 is 0 Å². The number of rotatable bonds is 4. The van der Waals surface area contributed by atoms with E-state index >= 15 is 0 Å². The van der Waals surface area contributed by atoms with Gasteiger partial charge in [-0.3, -0.25) is 14.9 Å². The van der Waals surface area contributed by atoms with E-state index in [1.165, 1.54) is 24.1 Å². The molecule has 8 nitrogen and oxygen atoms in total. The van der Waals surface area contributed by atoms with Crippen molar-refractivity contribution < 1.29 is 19.2 Å². The zero-order valence-corrected chi connectivity index (χ0v) is 15.7. The van der Waals surface area contributed by atoms with Crippen LogP contribution in [0.2, 0.25) is 0 Å². The molecule has 4 rings (SSSR count). The third kappa shape index (κ3) is 3.25. The van der Waals surface area contributed by atoms with E-state index in [0.29, 0.717) is 16.9 Å². The Bertz CT molecular complexity index is 1140. The number of carbonyl (C=O) groups excluding carboxylic acids is 1. The van der Waals surface area contributed by atoms with Crippen molar-refractivity contribution in [1.82, 2.24) is 5.01 Å². The summed E-state index contributed by atoms with van der Waals surface area (Å²) in [5.74, 6) is 0.495. The molecule has 0 fully saturated rings. The maximum Gasteiger partial charge on any atom is 0.269 e. The number of methoxy groups -OCH3 is 1. The summed E-state index contributed by atoms with van der Waals surface area (Å²) >= 11 is 0. The molecule has 0 unspecified atom stereocenters. The Hall–Kier alpha value is -3.94. The number of benzene rings is 3. The van der Waals surface area contributed by atoms with Crippen LogP contribution in [-0.4, -0.2) is 28.8 Å². The molecule has 0 bridgehead atoms. The molecule has 1 atom stereocenters. The van der Waals surface area contributed by atoms with Crippen molar-refractivity contribution in [3.63, 3.8) is 0 Å². The summed E-state index contributed by atoms with van der Waals surface area (Å²) in [7, 11) is 1.56. The van der Waals surface area contributed by atoms with Gasteiger partial charge in [-0.05, 0) is 29.0 Å². The summed E-state index contributed by atoms with van der Waals surface area (Å²) in [6.07, 6.45) is -0.827. The van der Waals surface area contributed by atoms with E-state index < -0.39 is 11.2 Å². The molecule has 0 saturated carbocycles. The van der Waals surface area contributed by atoms with E-state index in [9.17, 15) is 14.9 Å². The lowest BCUT2D eigenvalue weighted by Gasteiger charge is -2.19. The molecule has 0 aliphatic carbocycles. The molecular formula is C21H17N3O5. The summed E-state index contributed by atoms with van der Waals surface area (Å²) in [6.45, 7) is 1.38. The minimum Gasteiger partial charge on any atom is -0.496 e. The number of hydrogen-bond acceptors (Lipinski definition) is 6. The standard InChI is InChI=1S/C21H17N3O5/c1-13(25)23-21(15-7-10-16(11-8-15)24(26)27)29-20(22-23)19-17-6-4-3-5-14(17)9-12-18(19)28-2/h3-12,21H,1-2H3/t21-/m0/s1. The van der Waals surface area contributed by atoms with Gasteiger partial charge in [0.25, 0.3) is 5.69 Å². The second kappa shape index (κ2) is 7.23. The van der Waals surface area contributed by atoms with E-state index in [1.807, 2.05) is 36.4 Å². The smallest absolute Gasteiger partial charge is 0.269 e. The van der Waals surface area contributed by atoms with Crippen molar-refractivity contribution in [3.8, 4) is 5.75 Å². The molecule has 1 aliphatic rings. The van der Waals surface area contributed by atoms with Gasteiger partial charge in [0, 0.05) is 24.6 Å². The van der Waals surface area contributed by atoms with Crippen LogP contribution in [0.5, 0.6) is 5.75 Å². The number of hydrogen-bond donors (Lipinski definition) is 0. The van der Waals surface area contributed by atoms with Gasteiger partial charge >= 0.3 is 0 Å². The van der Waals surface area contributed by atoms with Gasteiger partial charge in [0.1, 0.15) is 5.75 Å². The molecule has 29 heavy (non-hydrogen) atoms. The number of non-ortho nitro benzene ring substituents is 1. The Labute approximate surface area is 166 Å². The van der Waals surface area contributed by atoms with Gasteiger partial charge in [-0.1, -0.05) is 30.3 Å². The third-order valence-electron chi connectivity index (χ3n) is 4.68. The lowest BCUT2D eigenvalue weighted by Crippen LogP contribution is -2.25. The first-order chi connectivity index (χ1) is 14.0. The molecule has 1 aliphatic heterocycles. The van der Waals surface area contributed by atoms with Gasteiger partial charge < -0.3 is 9.47 Å². The van der Waals surface area contributed by atoms with Crippen molar-refractivity contribution in [1.29, 1.82) is 0 Å². The largest absolute Gasteiger partial charge is 0.496 e. The minimum absolute atomic E-state index is 0.0435. The number of hydrazone groups is 1. The normalized spacial score (nSPS) is 15.7. The highest BCUT2D eigenvalue weighted by atomic mass is 16.6. The molecular weight excluding hydrogens is 374 g/mol. The van der Waals surface area contributed by atoms with Gasteiger partial charge in [-0.15, -0.1) is 5.10 Å². The number of nitrogens with zero attached hydrogens (tertiary/aromatic N) is 3. The van der Waals surface area contributed by atoms with Gasteiger partial charge in [0.15, 0.2) is 0 Å². The molecule has 3 aromatic rings. The van der Waals surface area contributed by atoms with Crippen molar-refractivity contribution in [3.05, 3.63) is 81.9 Å². The number of fused-ring (bicyclic) bond motifs is 1. The topological polar surface area (TPSA) is 94.3 Å². The Morgan fingerprint density at radius 1 is 1.14 bits per heavy atom. The number of ether oxygens (including phenoxy) is 2. The zero-order valence-electron chi connectivity index (χ0n) is 15.7. The second-order valence-electron chi connectivity index (χ2n) is 6.45. The van der Waals surface area contributed by atoms with E-state index in [0.717, 1.165) is 10.8 Å². The first kappa shape index (κ1) is 18.4. The molecule has 1 amide bonds. The molecule has 146 valence electrons. The third-order valence-corrected chi connectivity index (χ3v) is 4.68. The fourth-order valence-electron chi connectivity index (χ4n) is 3.29. The number of nitro benzene ring substituents is 1. The first-order valence-corrected chi connectivity index (χ1v) is 8.85. The second-order valence-corrected chi connectivity index (χ2v) is 6.45. The minimum atomic E-state index is -0.827. The highest BCUT2D eigenvalue weighted by molar-refractivity contribution is 6.10. The van der Waals surface area contributed by atoms with Gasteiger partial charge in [0.2, 0.25) is 18.0 Å². The van der Waals surface area contributed by atoms with Crippen LogP contribution in [0.3, 0.4) is 0 Å². The molecule has 0 radical (unpaired) electrons. The van der Waals surface area contributed by atoms with Crippen LogP contribution in [0.25, 0.3) is 10.8 Å². The highest BCUT2D eigenvalue weighted by Gasteiger charge is 2.35. The van der Waals surface area contributed by atoms with E-state index in [1.54, 1.807) is 19.2 Å². The van der Waals surface area contributed by atoms with Crippen LogP contribution in [0.15, 0.2) is 65.8 Å². The molecule has 1 heterocycles. The van der Waals surface area contributed by atoms with Crippen LogP contribution in [0.4, 0.5) is 5.69 Å². The fraction of sp³-hybridized carbons (Fsp3) is 0.143. The SMILES string of the molecule is COc1ccc2ccccc2c1C1=NN(C(C)=O)[C@H](c2ccc([N+](=O)[O-])cc2)O1. The van der Waals surface area contributed by atoms with E-state index in [4.69, 9.17) is 9.47 Å². The van der Waals surface area contributed by atoms with Crippen molar-refractivity contribution >= 4 is 28.3 Å². The quantitative estimate of drug-likeness (QED) is 0.495. The van der Waals surface area contributed by atoms with E-state index in [2.05, 4.69) is 5.10 Å².